The number of nitrogens with zero attached hydrogens (tertiary/aromatic N) is 3. The van der Waals surface area contributed by atoms with Crippen LogP contribution in [0.1, 0.15) is 5.56 Å². The van der Waals surface area contributed by atoms with Crippen molar-refractivity contribution in [2.24, 2.45) is 0 Å². The molecule has 0 aliphatic rings. The van der Waals surface area contributed by atoms with Crippen LogP contribution in [0.2, 0.25) is 0 Å². The first-order valence-corrected chi connectivity index (χ1v) is 4.60. The molecule has 4 nitrogen and oxygen atoms in total. The van der Waals surface area contributed by atoms with Gasteiger partial charge >= 0.3 is 0 Å². The van der Waals surface area contributed by atoms with Crippen LogP contribution < -0.4 is 5.32 Å². The van der Waals surface area contributed by atoms with Crippen LogP contribution in [0.25, 0.3) is 0 Å². The van der Waals surface area contributed by atoms with Crippen molar-refractivity contribution in [1.82, 2.24) is 0 Å². The van der Waals surface area contributed by atoms with E-state index < -0.39 is 5.82 Å². The zero-order chi connectivity index (χ0) is 12.8. The molecule has 0 aliphatic carbocycles. The van der Waals surface area contributed by atoms with Crippen molar-refractivity contribution in [3.05, 3.63) is 40.8 Å². The summed E-state index contributed by atoms with van der Waals surface area (Å²) in [5, 5.41) is 28.5. The molecule has 1 rings (SSSR count). The molecule has 0 atom stereocenters. The lowest BCUT2D eigenvalue weighted by Gasteiger charge is -2.06. The summed E-state index contributed by atoms with van der Waals surface area (Å²) in [5.74, 6) is -0.557. The molecule has 1 aromatic carbocycles. The molecule has 0 spiro atoms. The van der Waals surface area contributed by atoms with E-state index in [0.717, 1.165) is 5.56 Å². The Labute approximate surface area is 97.8 Å². The Morgan fingerprint density at radius 2 is 1.82 bits per heavy atom. The van der Waals surface area contributed by atoms with Crippen molar-refractivity contribution < 1.29 is 4.39 Å². The quantitative estimate of drug-likeness (QED) is 0.784. The maximum Gasteiger partial charge on any atom is 0.163 e. The Balaban J connectivity index is 3.20. The number of benzene rings is 1. The summed E-state index contributed by atoms with van der Waals surface area (Å²) in [5.41, 5.74) is 0.208. The molecule has 0 saturated heterocycles. The normalized spacial score (nSPS) is 8.41. The maximum atomic E-state index is 13.4. The number of halogens is 1. The molecule has 17 heavy (non-hydrogen) atoms. The first kappa shape index (κ1) is 12.2. The number of hydrogen-bond acceptors (Lipinski definition) is 4. The van der Waals surface area contributed by atoms with E-state index in [9.17, 15) is 4.39 Å². The van der Waals surface area contributed by atoms with Crippen molar-refractivity contribution in [2.75, 3.05) is 5.32 Å². The minimum Gasteiger partial charge on any atom is -0.343 e. The number of nitrogens with one attached hydrogen (secondary N) is 1. The molecule has 1 N–H and O–H groups in total. The number of hydrogen-bond donors (Lipinski definition) is 1. The van der Waals surface area contributed by atoms with E-state index in [-0.39, 0.29) is 17.0 Å². The molecular weight excluding hydrogens is 219 g/mol. The van der Waals surface area contributed by atoms with E-state index in [1.807, 2.05) is 0 Å². The van der Waals surface area contributed by atoms with Gasteiger partial charge in [-0.2, -0.15) is 15.8 Å². The van der Waals surface area contributed by atoms with Gasteiger partial charge in [0.2, 0.25) is 0 Å². The monoisotopic (exact) mass is 226 g/mol. The van der Waals surface area contributed by atoms with Crippen LogP contribution in [0.15, 0.2) is 29.5 Å². The van der Waals surface area contributed by atoms with Gasteiger partial charge in [0.05, 0.1) is 5.69 Å². The van der Waals surface area contributed by atoms with Crippen molar-refractivity contribution in [2.45, 2.75) is 6.92 Å². The summed E-state index contributed by atoms with van der Waals surface area (Å²) in [7, 11) is 0. The predicted molar refractivity (Wildman–Crippen MR) is 58.6 cm³/mol. The first-order chi connectivity index (χ1) is 8.12. The Kier molecular flexibility index (Phi) is 3.81. The van der Waals surface area contributed by atoms with Gasteiger partial charge in [0.25, 0.3) is 0 Å². The summed E-state index contributed by atoms with van der Waals surface area (Å²) in [6.07, 6.45) is 0. The molecule has 0 radical (unpaired) electrons. The molecule has 0 amide bonds. The lowest BCUT2D eigenvalue weighted by molar-refractivity contribution is 0.631. The van der Waals surface area contributed by atoms with Crippen LogP contribution in [-0.4, -0.2) is 0 Å². The van der Waals surface area contributed by atoms with Crippen LogP contribution in [0.3, 0.4) is 0 Å². The number of nitriles is 3. The summed E-state index contributed by atoms with van der Waals surface area (Å²) in [6.45, 7) is 1.76. The van der Waals surface area contributed by atoms with Crippen LogP contribution in [0.4, 0.5) is 10.1 Å². The van der Waals surface area contributed by atoms with Gasteiger partial charge in [-0.3, -0.25) is 0 Å². The number of anilines is 1. The van der Waals surface area contributed by atoms with E-state index in [1.54, 1.807) is 31.2 Å². The molecule has 0 aromatic heterocycles. The zero-order valence-corrected chi connectivity index (χ0v) is 8.95. The van der Waals surface area contributed by atoms with E-state index in [2.05, 4.69) is 5.32 Å². The molecule has 0 aliphatic heterocycles. The average Bonchev–Trinajstić information content (AvgIpc) is 2.33. The fourth-order valence-corrected chi connectivity index (χ4v) is 1.15. The van der Waals surface area contributed by atoms with Crippen molar-refractivity contribution in [1.29, 1.82) is 15.8 Å². The highest BCUT2D eigenvalue weighted by Gasteiger charge is 2.09. The maximum absolute atomic E-state index is 13.4. The molecule has 0 saturated carbocycles. The zero-order valence-electron chi connectivity index (χ0n) is 8.95. The fraction of sp³-hybridized carbons (Fsp3) is 0.0833. The van der Waals surface area contributed by atoms with E-state index in [4.69, 9.17) is 15.8 Å². The predicted octanol–water partition coefficient (Wildman–Crippen LogP) is 2.37. The largest absolute Gasteiger partial charge is 0.343 e. The van der Waals surface area contributed by atoms with Gasteiger partial charge in [-0.15, -0.1) is 0 Å². The van der Waals surface area contributed by atoms with Gasteiger partial charge in [-0.25, -0.2) is 4.39 Å². The van der Waals surface area contributed by atoms with E-state index in [0.29, 0.717) is 0 Å². The highest BCUT2D eigenvalue weighted by molar-refractivity contribution is 5.59. The van der Waals surface area contributed by atoms with Gasteiger partial charge < -0.3 is 5.32 Å². The van der Waals surface area contributed by atoms with Crippen molar-refractivity contribution in [3.63, 3.8) is 0 Å². The molecule has 0 bridgehead atoms. The standard InChI is InChI=1S/C12H7FN4/c1-8-2-3-10(13)11(4-8)17-12(7-16)9(5-14)6-15/h2-4,17H,1H3. The SMILES string of the molecule is Cc1ccc(F)c(NC(C#N)=C(C#N)C#N)c1. The fourth-order valence-electron chi connectivity index (χ4n) is 1.15. The molecule has 1 aromatic rings. The summed E-state index contributed by atoms with van der Waals surface area (Å²) in [4.78, 5) is 0. The van der Waals surface area contributed by atoms with Crippen LogP contribution in [0, 0.1) is 46.7 Å². The Bertz CT molecular complexity index is 580. The highest BCUT2D eigenvalue weighted by atomic mass is 19.1. The van der Waals surface area contributed by atoms with Crippen molar-refractivity contribution in [3.8, 4) is 18.2 Å². The lowest BCUT2D eigenvalue weighted by atomic mass is 10.2. The lowest BCUT2D eigenvalue weighted by Crippen LogP contribution is -2.02. The molecule has 82 valence electrons. The van der Waals surface area contributed by atoms with Gasteiger partial charge in [0.15, 0.2) is 5.57 Å². The third-order valence-corrected chi connectivity index (χ3v) is 1.97. The molecule has 0 fully saturated rings. The van der Waals surface area contributed by atoms with Crippen LogP contribution >= 0.6 is 0 Å². The van der Waals surface area contributed by atoms with E-state index >= 15 is 0 Å². The van der Waals surface area contributed by atoms with Gasteiger partial charge in [0, 0.05) is 0 Å². The third kappa shape index (κ3) is 2.81. The Hall–Kier alpha value is -2.84. The molecule has 5 heteroatoms. The Morgan fingerprint density at radius 1 is 1.18 bits per heavy atom. The third-order valence-electron chi connectivity index (χ3n) is 1.97. The summed E-state index contributed by atoms with van der Waals surface area (Å²) < 4.78 is 13.4. The second-order valence-corrected chi connectivity index (χ2v) is 3.19. The summed E-state index contributed by atoms with van der Waals surface area (Å²) >= 11 is 0. The highest BCUT2D eigenvalue weighted by Crippen LogP contribution is 2.18. The van der Waals surface area contributed by atoms with Crippen LogP contribution in [-0.2, 0) is 0 Å². The number of aryl methyl sites for hydroxylation is 1. The topological polar surface area (TPSA) is 83.4 Å². The number of rotatable bonds is 2. The smallest absolute Gasteiger partial charge is 0.163 e. The number of allylic oxidation sites excluding steroid dienone is 2. The molecule has 0 heterocycles. The van der Waals surface area contributed by atoms with Crippen LogP contribution in [0.5, 0.6) is 0 Å². The molecular formula is C12H7FN4. The minimum absolute atomic E-state index is 0.0598. The second kappa shape index (κ2) is 5.30. The minimum atomic E-state index is -0.557. The van der Waals surface area contributed by atoms with E-state index in [1.165, 1.54) is 12.1 Å². The van der Waals surface area contributed by atoms with Gasteiger partial charge in [0.1, 0.15) is 29.7 Å². The van der Waals surface area contributed by atoms with Gasteiger partial charge in [-0.05, 0) is 24.6 Å². The second-order valence-electron chi connectivity index (χ2n) is 3.19. The van der Waals surface area contributed by atoms with Gasteiger partial charge in [-0.1, -0.05) is 6.07 Å². The first-order valence-electron chi connectivity index (χ1n) is 4.60. The Morgan fingerprint density at radius 3 is 2.35 bits per heavy atom. The summed E-state index contributed by atoms with van der Waals surface area (Å²) in [6, 6.07) is 9.09. The van der Waals surface area contributed by atoms with Crippen molar-refractivity contribution >= 4 is 5.69 Å². The molecule has 0 unspecified atom stereocenters. The average molecular weight is 226 g/mol.